The van der Waals surface area contributed by atoms with Gasteiger partial charge in [-0.3, -0.25) is 4.79 Å². The lowest BCUT2D eigenvalue weighted by Gasteiger charge is -2.09. The first-order chi connectivity index (χ1) is 10.2. The summed E-state index contributed by atoms with van der Waals surface area (Å²) in [5, 5.41) is 10.6. The van der Waals surface area contributed by atoms with E-state index in [4.69, 9.17) is 0 Å². The van der Waals surface area contributed by atoms with E-state index in [1.807, 2.05) is 22.9 Å². The number of carbonyl (C=O) groups excluding carboxylic acids is 1. The first-order valence-electron chi connectivity index (χ1n) is 7.38. The highest BCUT2D eigenvalue weighted by Crippen LogP contribution is 2.32. The van der Waals surface area contributed by atoms with E-state index < -0.39 is 0 Å². The van der Waals surface area contributed by atoms with Crippen molar-refractivity contribution in [1.29, 1.82) is 0 Å². The van der Waals surface area contributed by atoms with Crippen LogP contribution in [-0.2, 0) is 17.6 Å². The van der Waals surface area contributed by atoms with Crippen LogP contribution in [0.4, 0.5) is 5.69 Å². The fraction of sp³-hybridized carbons (Fsp3) is 0.375. The summed E-state index contributed by atoms with van der Waals surface area (Å²) in [4.78, 5) is 11.9. The third-order valence-electron chi connectivity index (χ3n) is 3.96. The van der Waals surface area contributed by atoms with E-state index in [1.54, 1.807) is 7.05 Å². The second-order valence-corrected chi connectivity index (χ2v) is 5.23. The van der Waals surface area contributed by atoms with Crippen LogP contribution < -0.4 is 10.6 Å². The lowest BCUT2D eigenvalue weighted by atomic mass is 10.1. The van der Waals surface area contributed by atoms with E-state index >= 15 is 0 Å². The van der Waals surface area contributed by atoms with Crippen LogP contribution in [-0.4, -0.2) is 22.7 Å². The van der Waals surface area contributed by atoms with Crippen molar-refractivity contribution in [3.8, 4) is 5.69 Å². The minimum atomic E-state index is -0.261. The fourth-order valence-corrected chi connectivity index (χ4v) is 2.79. The molecule has 2 N–H and O–H groups in total. The molecule has 0 saturated heterocycles. The summed E-state index contributed by atoms with van der Waals surface area (Å²) < 4.78 is 1.97. The zero-order chi connectivity index (χ0) is 15.0. The number of benzene rings is 1. The van der Waals surface area contributed by atoms with E-state index in [-0.39, 0.29) is 11.9 Å². The Hall–Kier alpha value is -2.14. The summed E-state index contributed by atoms with van der Waals surface area (Å²) in [7, 11) is 1.80. The van der Waals surface area contributed by atoms with Gasteiger partial charge in [-0.05, 0) is 38.1 Å². The molecule has 1 aromatic heterocycles. The van der Waals surface area contributed by atoms with Gasteiger partial charge in [0.05, 0.1) is 11.4 Å². The van der Waals surface area contributed by atoms with E-state index in [0.29, 0.717) is 0 Å². The summed E-state index contributed by atoms with van der Waals surface area (Å²) in [6.07, 6.45) is 1.85. The highest BCUT2D eigenvalue weighted by molar-refractivity contribution is 6.02. The molecule has 5 nitrogen and oxygen atoms in total. The van der Waals surface area contributed by atoms with Gasteiger partial charge in [0.25, 0.3) is 0 Å². The fourth-order valence-electron chi connectivity index (χ4n) is 2.79. The Morgan fingerprint density at radius 2 is 2.10 bits per heavy atom. The molecule has 3 rings (SSSR count). The lowest BCUT2D eigenvalue weighted by Crippen LogP contribution is -2.23. The Bertz CT molecular complexity index is 690. The highest BCUT2D eigenvalue weighted by atomic mass is 16.2. The predicted octanol–water partition coefficient (Wildman–Crippen LogP) is 2.21. The Balaban J connectivity index is 2.04. The third-order valence-corrected chi connectivity index (χ3v) is 3.96. The van der Waals surface area contributed by atoms with E-state index in [1.165, 1.54) is 5.69 Å². The number of fused-ring (bicyclic) bond motifs is 1. The molecule has 1 aromatic carbocycles. The van der Waals surface area contributed by atoms with Crippen LogP contribution in [0.3, 0.4) is 0 Å². The zero-order valence-electron chi connectivity index (χ0n) is 12.6. The number of rotatable bonds is 4. The largest absolute Gasteiger partial charge is 0.324 e. The van der Waals surface area contributed by atoms with E-state index in [2.05, 4.69) is 35.6 Å². The van der Waals surface area contributed by atoms with E-state index in [9.17, 15) is 4.79 Å². The van der Waals surface area contributed by atoms with Crippen molar-refractivity contribution >= 4 is 11.6 Å². The zero-order valence-corrected chi connectivity index (χ0v) is 12.6. The van der Waals surface area contributed by atoms with Crippen molar-refractivity contribution in [2.45, 2.75) is 32.7 Å². The number of aryl methyl sites for hydroxylation is 2. The number of anilines is 1. The van der Waals surface area contributed by atoms with Gasteiger partial charge in [-0.1, -0.05) is 19.9 Å². The number of nitrogens with zero attached hydrogens (tertiary/aromatic N) is 2. The maximum atomic E-state index is 11.9. The molecule has 2 heterocycles. The number of hydrogen-bond acceptors (Lipinski definition) is 3. The Morgan fingerprint density at radius 1 is 1.29 bits per heavy atom. The van der Waals surface area contributed by atoms with Crippen LogP contribution in [0.5, 0.6) is 0 Å². The summed E-state index contributed by atoms with van der Waals surface area (Å²) in [6.45, 7) is 4.23. The van der Waals surface area contributed by atoms with Gasteiger partial charge in [-0.2, -0.15) is 5.10 Å². The lowest BCUT2D eigenvalue weighted by molar-refractivity contribution is -0.117. The van der Waals surface area contributed by atoms with Gasteiger partial charge in [0.1, 0.15) is 6.04 Å². The molecule has 0 spiro atoms. The van der Waals surface area contributed by atoms with Gasteiger partial charge in [0.2, 0.25) is 5.91 Å². The SMILES string of the molecule is CCc1cc(CC)n(-c2ccc3c(c2)NC(=O)C3NC)n1. The second kappa shape index (κ2) is 5.33. The Morgan fingerprint density at radius 3 is 2.76 bits per heavy atom. The summed E-state index contributed by atoms with van der Waals surface area (Å²) in [5.41, 5.74) is 5.12. The molecular weight excluding hydrogens is 264 g/mol. The monoisotopic (exact) mass is 284 g/mol. The predicted molar refractivity (Wildman–Crippen MR) is 82.8 cm³/mol. The number of carbonyl (C=O) groups is 1. The molecule has 5 heteroatoms. The molecule has 2 aromatic rings. The van der Waals surface area contributed by atoms with Crippen LogP contribution in [0.1, 0.15) is 36.8 Å². The molecule has 110 valence electrons. The first kappa shape index (κ1) is 13.8. The van der Waals surface area contributed by atoms with Gasteiger partial charge in [0.15, 0.2) is 0 Å². The van der Waals surface area contributed by atoms with Crippen molar-refractivity contribution < 1.29 is 4.79 Å². The van der Waals surface area contributed by atoms with Crippen molar-refractivity contribution in [2.75, 3.05) is 12.4 Å². The first-order valence-corrected chi connectivity index (χ1v) is 7.38. The Labute approximate surface area is 124 Å². The number of nitrogens with one attached hydrogen (secondary N) is 2. The molecule has 0 aliphatic carbocycles. The van der Waals surface area contributed by atoms with Crippen molar-refractivity contribution in [3.63, 3.8) is 0 Å². The minimum Gasteiger partial charge on any atom is -0.324 e. The van der Waals surface area contributed by atoms with Crippen LogP contribution in [0.2, 0.25) is 0 Å². The average molecular weight is 284 g/mol. The number of likely N-dealkylation sites (N-methyl/N-ethyl adjacent to an activating group) is 1. The summed E-state index contributed by atoms with van der Waals surface area (Å²) in [5.74, 6) is -0.00456. The molecular formula is C16H20N4O. The smallest absolute Gasteiger partial charge is 0.246 e. The van der Waals surface area contributed by atoms with E-state index in [0.717, 1.165) is 35.5 Å². The molecule has 0 fully saturated rings. The standard InChI is InChI=1S/C16H20N4O/c1-4-10-8-11(5-2)20(19-10)12-6-7-13-14(9-12)18-16(21)15(13)17-3/h6-9,15,17H,4-5H2,1-3H3,(H,18,21). The number of hydrogen-bond donors (Lipinski definition) is 2. The Kier molecular flexibility index (Phi) is 3.51. The summed E-state index contributed by atoms with van der Waals surface area (Å²) >= 11 is 0. The van der Waals surface area contributed by atoms with Gasteiger partial charge in [0, 0.05) is 16.9 Å². The summed E-state index contributed by atoms with van der Waals surface area (Å²) in [6, 6.07) is 7.90. The average Bonchev–Trinajstić information content (AvgIpc) is 3.05. The van der Waals surface area contributed by atoms with Gasteiger partial charge in [-0.25, -0.2) is 4.68 Å². The maximum Gasteiger partial charge on any atom is 0.246 e. The molecule has 0 saturated carbocycles. The minimum absolute atomic E-state index is 0.00456. The normalized spacial score (nSPS) is 16.9. The van der Waals surface area contributed by atoms with Crippen LogP contribution >= 0.6 is 0 Å². The molecule has 21 heavy (non-hydrogen) atoms. The van der Waals surface area contributed by atoms with Gasteiger partial charge in [-0.15, -0.1) is 0 Å². The number of amides is 1. The van der Waals surface area contributed by atoms with Gasteiger partial charge < -0.3 is 10.6 Å². The van der Waals surface area contributed by atoms with Gasteiger partial charge >= 0.3 is 0 Å². The number of aromatic nitrogens is 2. The van der Waals surface area contributed by atoms with Crippen molar-refractivity contribution in [3.05, 3.63) is 41.2 Å². The molecule has 1 unspecified atom stereocenters. The second-order valence-electron chi connectivity index (χ2n) is 5.23. The molecule has 0 radical (unpaired) electrons. The molecule has 1 amide bonds. The molecule has 1 aliphatic heterocycles. The van der Waals surface area contributed by atoms with Crippen LogP contribution in [0, 0.1) is 0 Å². The van der Waals surface area contributed by atoms with Crippen molar-refractivity contribution in [1.82, 2.24) is 15.1 Å². The molecule has 1 atom stereocenters. The van der Waals surface area contributed by atoms with Crippen molar-refractivity contribution in [2.24, 2.45) is 0 Å². The molecule has 1 aliphatic rings. The molecule has 0 bridgehead atoms. The highest BCUT2D eigenvalue weighted by Gasteiger charge is 2.29. The third kappa shape index (κ3) is 2.23. The topological polar surface area (TPSA) is 59.0 Å². The van der Waals surface area contributed by atoms with Crippen LogP contribution in [0.25, 0.3) is 5.69 Å². The quantitative estimate of drug-likeness (QED) is 0.905. The van der Waals surface area contributed by atoms with Crippen LogP contribution in [0.15, 0.2) is 24.3 Å². The maximum absolute atomic E-state index is 11.9.